The second kappa shape index (κ2) is 10.2. The van der Waals surface area contributed by atoms with Gasteiger partial charge in [0.2, 0.25) is 10.0 Å². The van der Waals surface area contributed by atoms with Gasteiger partial charge < -0.3 is 10.1 Å². The first-order valence-electron chi connectivity index (χ1n) is 8.71. The number of hydrogen-bond acceptors (Lipinski definition) is 5. The van der Waals surface area contributed by atoms with Crippen LogP contribution >= 0.6 is 12.2 Å². The molecule has 0 amide bonds. The molecular weight excluding hydrogens is 396 g/mol. The van der Waals surface area contributed by atoms with Gasteiger partial charge in [-0.25, -0.2) is 13.1 Å². The van der Waals surface area contributed by atoms with Crippen molar-refractivity contribution in [2.45, 2.75) is 25.2 Å². The van der Waals surface area contributed by atoms with Gasteiger partial charge in [-0.1, -0.05) is 19.1 Å². The highest BCUT2D eigenvalue weighted by Crippen LogP contribution is 2.15. The van der Waals surface area contributed by atoms with E-state index in [1.54, 1.807) is 31.4 Å². The van der Waals surface area contributed by atoms with Crippen LogP contribution in [0.2, 0.25) is 0 Å². The fourth-order valence-electron chi connectivity index (χ4n) is 2.23. The van der Waals surface area contributed by atoms with Crippen molar-refractivity contribution >= 4 is 38.8 Å². The first-order chi connectivity index (χ1) is 13.4. The van der Waals surface area contributed by atoms with Crippen LogP contribution < -0.4 is 20.2 Å². The number of methoxy groups -OCH3 is 1. The summed E-state index contributed by atoms with van der Waals surface area (Å²) >= 11 is 5.23. The molecule has 28 heavy (non-hydrogen) atoms. The number of rotatable bonds is 8. The molecule has 0 aliphatic heterocycles. The SMILES string of the molecule is CCCNS(=O)(=O)c1ccc(/C(C)=N\NC(=S)Nc2ccc(OC)cc2)cc1. The van der Waals surface area contributed by atoms with Gasteiger partial charge in [0.1, 0.15) is 5.75 Å². The summed E-state index contributed by atoms with van der Waals surface area (Å²) in [6.45, 7) is 4.13. The lowest BCUT2D eigenvalue weighted by Gasteiger charge is -2.09. The molecule has 3 N–H and O–H groups in total. The van der Waals surface area contributed by atoms with Crippen molar-refractivity contribution in [1.82, 2.24) is 10.1 Å². The van der Waals surface area contributed by atoms with Crippen LogP contribution in [0.25, 0.3) is 0 Å². The number of sulfonamides is 1. The fourth-order valence-corrected chi connectivity index (χ4v) is 3.53. The third-order valence-corrected chi connectivity index (χ3v) is 5.47. The molecule has 0 saturated heterocycles. The van der Waals surface area contributed by atoms with Crippen LogP contribution in [-0.4, -0.2) is 32.9 Å². The van der Waals surface area contributed by atoms with Gasteiger partial charge in [-0.3, -0.25) is 5.43 Å². The summed E-state index contributed by atoms with van der Waals surface area (Å²) in [6.07, 6.45) is 0.735. The van der Waals surface area contributed by atoms with Gasteiger partial charge in [-0.15, -0.1) is 0 Å². The van der Waals surface area contributed by atoms with E-state index in [0.717, 1.165) is 23.4 Å². The van der Waals surface area contributed by atoms with E-state index in [9.17, 15) is 8.42 Å². The minimum atomic E-state index is -3.48. The predicted molar refractivity (Wildman–Crippen MR) is 116 cm³/mol. The molecule has 0 saturated carbocycles. The van der Waals surface area contributed by atoms with Crippen molar-refractivity contribution in [2.24, 2.45) is 5.10 Å². The van der Waals surface area contributed by atoms with Crippen LogP contribution in [-0.2, 0) is 10.0 Å². The molecule has 2 aromatic carbocycles. The van der Waals surface area contributed by atoms with Crippen LogP contribution in [0.5, 0.6) is 5.75 Å². The molecule has 0 fully saturated rings. The van der Waals surface area contributed by atoms with E-state index in [1.807, 2.05) is 38.1 Å². The standard InChI is InChI=1S/C19H24N4O3S2/c1-4-13-20-28(24,25)18-11-5-15(6-12-18)14(2)22-23-19(27)21-16-7-9-17(26-3)10-8-16/h5-12,20H,4,13H2,1-3H3,(H2,21,23,27)/b22-14-. The quantitative estimate of drug-likeness (QED) is 0.345. The average molecular weight is 421 g/mol. The Labute approximate surface area is 171 Å². The smallest absolute Gasteiger partial charge is 0.240 e. The molecule has 0 radical (unpaired) electrons. The highest BCUT2D eigenvalue weighted by Gasteiger charge is 2.12. The lowest BCUT2D eigenvalue weighted by atomic mass is 10.1. The molecule has 9 heteroatoms. The summed E-state index contributed by atoms with van der Waals surface area (Å²) in [6, 6.07) is 13.9. The van der Waals surface area contributed by atoms with Crippen LogP contribution in [0.15, 0.2) is 58.5 Å². The van der Waals surface area contributed by atoms with Crippen LogP contribution in [0.3, 0.4) is 0 Å². The van der Waals surface area contributed by atoms with Crippen molar-refractivity contribution in [2.75, 3.05) is 19.0 Å². The number of anilines is 1. The summed E-state index contributed by atoms with van der Waals surface area (Å²) in [5.41, 5.74) is 5.04. The third kappa shape index (κ3) is 6.29. The van der Waals surface area contributed by atoms with E-state index in [-0.39, 0.29) is 4.90 Å². The second-order valence-corrected chi connectivity index (χ2v) is 8.09. The minimum Gasteiger partial charge on any atom is -0.497 e. The minimum absolute atomic E-state index is 0.224. The molecule has 0 aliphatic carbocycles. The zero-order valence-electron chi connectivity index (χ0n) is 16.0. The maximum Gasteiger partial charge on any atom is 0.240 e. The highest BCUT2D eigenvalue weighted by atomic mass is 32.2. The normalized spacial score (nSPS) is 11.8. The molecule has 2 rings (SSSR count). The van der Waals surface area contributed by atoms with Crippen LogP contribution in [0.4, 0.5) is 5.69 Å². The first kappa shape index (κ1) is 21.8. The maximum atomic E-state index is 12.1. The summed E-state index contributed by atoms with van der Waals surface area (Å²) in [5.74, 6) is 0.758. The third-order valence-electron chi connectivity index (χ3n) is 3.80. The van der Waals surface area contributed by atoms with Crippen molar-refractivity contribution in [1.29, 1.82) is 0 Å². The van der Waals surface area contributed by atoms with Gasteiger partial charge in [0.15, 0.2) is 5.11 Å². The maximum absolute atomic E-state index is 12.1. The Morgan fingerprint density at radius 1 is 1.11 bits per heavy atom. The zero-order valence-corrected chi connectivity index (χ0v) is 17.7. The summed E-state index contributed by atoms with van der Waals surface area (Å²) < 4.78 is 31.9. The number of hydrazone groups is 1. The molecule has 150 valence electrons. The number of thiocarbonyl (C=S) groups is 1. The lowest BCUT2D eigenvalue weighted by Crippen LogP contribution is -2.25. The lowest BCUT2D eigenvalue weighted by molar-refractivity contribution is 0.415. The van der Waals surface area contributed by atoms with Crippen molar-refractivity contribution in [3.63, 3.8) is 0 Å². The molecule has 2 aromatic rings. The topological polar surface area (TPSA) is 91.8 Å². The second-order valence-electron chi connectivity index (χ2n) is 5.91. The number of nitrogens with one attached hydrogen (secondary N) is 3. The molecule has 0 atom stereocenters. The molecule has 0 aliphatic rings. The van der Waals surface area contributed by atoms with E-state index in [1.165, 1.54) is 0 Å². The molecule has 0 aromatic heterocycles. The Bertz CT molecular complexity index is 925. The monoisotopic (exact) mass is 420 g/mol. The summed E-state index contributed by atoms with van der Waals surface area (Å²) in [4.78, 5) is 0.224. The number of nitrogens with zero attached hydrogens (tertiary/aromatic N) is 1. The van der Waals surface area contributed by atoms with Gasteiger partial charge in [-0.2, -0.15) is 5.10 Å². The number of hydrogen-bond donors (Lipinski definition) is 3. The van der Waals surface area contributed by atoms with Gasteiger partial charge in [-0.05, 0) is 67.5 Å². The van der Waals surface area contributed by atoms with E-state index in [4.69, 9.17) is 17.0 Å². The van der Waals surface area contributed by atoms with Gasteiger partial charge >= 0.3 is 0 Å². The Balaban J connectivity index is 1.97. The molecular formula is C19H24N4O3S2. The van der Waals surface area contributed by atoms with Crippen LogP contribution in [0, 0.1) is 0 Å². The van der Waals surface area contributed by atoms with E-state index in [2.05, 4.69) is 20.6 Å². The van der Waals surface area contributed by atoms with E-state index < -0.39 is 10.0 Å². The Kier molecular flexibility index (Phi) is 7.91. The average Bonchev–Trinajstić information content (AvgIpc) is 2.71. The van der Waals surface area contributed by atoms with E-state index >= 15 is 0 Å². The fraction of sp³-hybridized carbons (Fsp3) is 0.263. The predicted octanol–water partition coefficient (Wildman–Crippen LogP) is 3.09. The Morgan fingerprint density at radius 2 is 1.75 bits per heavy atom. The van der Waals surface area contributed by atoms with Gasteiger partial charge in [0, 0.05) is 12.2 Å². The Hall–Kier alpha value is -2.49. The molecule has 0 spiro atoms. The van der Waals surface area contributed by atoms with Crippen molar-refractivity contribution in [3.05, 3.63) is 54.1 Å². The van der Waals surface area contributed by atoms with Gasteiger partial charge in [0.05, 0.1) is 17.7 Å². The van der Waals surface area contributed by atoms with Crippen molar-refractivity contribution < 1.29 is 13.2 Å². The molecule has 0 heterocycles. The summed E-state index contributed by atoms with van der Waals surface area (Å²) in [5, 5.41) is 7.60. The molecule has 0 bridgehead atoms. The Morgan fingerprint density at radius 3 is 2.32 bits per heavy atom. The van der Waals surface area contributed by atoms with E-state index in [0.29, 0.717) is 17.4 Å². The molecule has 0 unspecified atom stereocenters. The number of ether oxygens (including phenoxy) is 1. The van der Waals surface area contributed by atoms with Gasteiger partial charge in [0.25, 0.3) is 0 Å². The zero-order chi connectivity index (χ0) is 20.6. The van der Waals surface area contributed by atoms with Crippen molar-refractivity contribution in [3.8, 4) is 5.75 Å². The molecule has 7 nitrogen and oxygen atoms in total. The largest absolute Gasteiger partial charge is 0.497 e. The first-order valence-corrected chi connectivity index (χ1v) is 10.6. The summed E-state index contributed by atoms with van der Waals surface area (Å²) in [7, 11) is -1.87. The number of benzene rings is 2. The highest BCUT2D eigenvalue weighted by molar-refractivity contribution is 7.89. The van der Waals surface area contributed by atoms with Crippen LogP contribution in [0.1, 0.15) is 25.8 Å².